The predicted octanol–water partition coefficient (Wildman–Crippen LogP) is 5.57. The van der Waals surface area contributed by atoms with Crippen LogP contribution in [-0.4, -0.2) is 21.1 Å². The lowest BCUT2D eigenvalue weighted by Crippen LogP contribution is -2.09. The molecule has 4 rings (SSSR count). The third-order valence-corrected chi connectivity index (χ3v) is 6.44. The molecular weight excluding hydrogens is 429 g/mol. The Bertz CT molecular complexity index is 1140. The zero-order valence-corrected chi connectivity index (χ0v) is 16.2. The van der Waals surface area contributed by atoms with Crippen molar-refractivity contribution >= 4 is 56.4 Å². The minimum Gasteiger partial charge on any atom is -0.296 e. The lowest BCUT2D eigenvalue weighted by atomic mass is 10.1. The van der Waals surface area contributed by atoms with Gasteiger partial charge in [-0.3, -0.25) is 15.1 Å². The van der Waals surface area contributed by atoms with E-state index in [1.165, 1.54) is 35.4 Å². The van der Waals surface area contributed by atoms with E-state index in [1.807, 2.05) is 0 Å². The largest absolute Gasteiger partial charge is 0.418 e. The van der Waals surface area contributed by atoms with Gasteiger partial charge in [-0.1, -0.05) is 41.3 Å². The summed E-state index contributed by atoms with van der Waals surface area (Å²) >= 11 is 3.62. The van der Waals surface area contributed by atoms with Crippen LogP contribution in [0.4, 0.5) is 18.3 Å². The Kier molecular flexibility index (Phi) is 5.04. The van der Waals surface area contributed by atoms with E-state index in [1.54, 1.807) is 29.6 Å². The number of alkyl halides is 3. The van der Waals surface area contributed by atoms with Crippen molar-refractivity contribution in [3.05, 3.63) is 58.4 Å². The smallest absolute Gasteiger partial charge is 0.296 e. The van der Waals surface area contributed by atoms with Gasteiger partial charge in [0.25, 0.3) is 5.91 Å². The van der Waals surface area contributed by atoms with Gasteiger partial charge >= 0.3 is 6.18 Å². The molecule has 142 valence electrons. The molecule has 1 N–H and O–H groups in total. The van der Waals surface area contributed by atoms with Gasteiger partial charge in [0, 0.05) is 16.5 Å². The number of hydrogen-bond acceptors (Lipinski definition) is 7. The number of aromatic nitrogens is 3. The van der Waals surface area contributed by atoms with Crippen LogP contribution >= 0.6 is 34.4 Å². The second-order valence-corrected chi connectivity index (χ2v) is 8.63. The van der Waals surface area contributed by atoms with Crippen LogP contribution in [-0.2, 0) is 6.18 Å². The summed E-state index contributed by atoms with van der Waals surface area (Å²) < 4.78 is 40.1. The van der Waals surface area contributed by atoms with Gasteiger partial charge in [-0.15, -0.1) is 21.5 Å². The van der Waals surface area contributed by atoms with Crippen molar-refractivity contribution in [3.63, 3.8) is 0 Å². The first-order valence-electron chi connectivity index (χ1n) is 7.73. The number of rotatable bonds is 4. The molecule has 5 nitrogen and oxygen atoms in total. The molecule has 1 amide bonds. The minimum absolute atomic E-state index is 0.115. The number of benzene rings is 1. The maximum Gasteiger partial charge on any atom is 0.418 e. The minimum atomic E-state index is -4.49. The highest BCUT2D eigenvalue weighted by Crippen LogP contribution is 2.39. The first-order valence-corrected chi connectivity index (χ1v) is 10.2. The van der Waals surface area contributed by atoms with Gasteiger partial charge in [-0.25, -0.2) is 0 Å². The van der Waals surface area contributed by atoms with Gasteiger partial charge < -0.3 is 0 Å². The highest BCUT2D eigenvalue weighted by atomic mass is 32.2. The number of para-hydroxylation sites is 1. The number of carbonyl (C=O) groups excluding carboxylic acids is 1. The molecule has 3 aromatic heterocycles. The van der Waals surface area contributed by atoms with Crippen LogP contribution in [0.3, 0.4) is 0 Å². The van der Waals surface area contributed by atoms with Crippen molar-refractivity contribution in [2.45, 2.75) is 15.4 Å². The molecule has 0 fully saturated rings. The molecule has 0 saturated carbocycles. The van der Waals surface area contributed by atoms with E-state index in [-0.39, 0.29) is 11.4 Å². The van der Waals surface area contributed by atoms with E-state index in [0.717, 1.165) is 17.4 Å². The molecule has 3 heterocycles. The third kappa shape index (κ3) is 3.86. The van der Waals surface area contributed by atoms with Crippen LogP contribution in [0.1, 0.15) is 15.2 Å². The fourth-order valence-corrected chi connectivity index (χ4v) is 4.87. The molecule has 0 radical (unpaired) electrons. The van der Waals surface area contributed by atoms with E-state index in [0.29, 0.717) is 24.6 Å². The summed E-state index contributed by atoms with van der Waals surface area (Å²) in [5, 5.41) is 13.1. The Balaban J connectivity index is 1.59. The normalized spacial score (nSPS) is 11.7. The van der Waals surface area contributed by atoms with E-state index in [9.17, 15) is 18.0 Å². The molecule has 11 heteroatoms. The zero-order chi connectivity index (χ0) is 19.7. The summed E-state index contributed by atoms with van der Waals surface area (Å²) in [4.78, 5) is 17.1. The number of anilines is 1. The number of halogens is 3. The fraction of sp³-hybridized carbons (Fsp3) is 0.0588. The quantitative estimate of drug-likeness (QED) is 0.422. The Morgan fingerprint density at radius 2 is 1.96 bits per heavy atom. The van der Waals surface area contributed by atoms with E-state index in [4.69, 9.17) is 0 Å². The molecule has 4 aromatic rings. The van der Waals surface area contributed by atoms with Crippen molar-refractivity contribution in [2.75, 3.05) is 5.32 Å². The summed E-state index contributed by atoms with van der Waals surface area (Å²) in [6.07, 6.45) is -3.15. The summed E-state index contributed by atoms with van der Waals surface area (Å²) in [6, 6.07) is 9.03. The molecule has 28 heavy (non-hydrogen) atoms. The summed E-state index contributed by atoms with van der Waals surface area (Å²) in [5.74, 6) is -0.285. The monoisotopic (exact) mass is 438 g/mol. The molecule has 0 aliphatic heterocycles. The van der Waals surface area contributed by atoms with Gasteiger partial charge in [-0.05, 0) is 23.6 Å². The van der Waals surface area contributed by atoms with Crippen molar-refractivity contribution in [3.8, 4) is 0 Å². The number of fused-ring (bicyclic) bond motifs is 1. The van der Waals surface area contributed by atoms with E-state index < -0.39 is 11.7 Å². The average Bonchev–Trinajstić information content (AvgIpc) is 3.33. The van der Waals surface area contributed by atoms with Crippen molar-refractivity contribution in [1.29, 1.82) is 0 Å². The topological polar surface area (TPSA) is 67.8 Å². The Labute approximate surface area is 168 Å². The zero-order valence-electron chi connectivity index (χ0n) is 13.7. The number of thiophene rings is 1. The number of nitrogens with one attached hydrogen (secondary N) is 1. The molecule has 1 aromatic carbocycles. The summed E-state index contributed by atoms with van der Waals surface area (Å²) in [7, 11) is 0. The van der Waals surface area contributed by atoms with Gasteiger partial charge in [0.1, 0.15) is 0 Å². The second-order valence-electron chi connectivity index (χ2n) is 5.42. The first kappa shape index (κ1) is 18.8. The summed E-state index contributed by atoms with van der Waals surface area (Å²) in [6.45, 7) is 0. The molecular formula is C17H9F3N4OS3. The van der Waals surface area contributed by atoms with Crippen molar-refractivity contribution < 1.29 is 18.0 Å². The predicted molar refractivity (Wildman–Crippen MR) is 103 cm³/mol. The second kappa shape index (κ2) is 7.49. The van der Waals surface area contributed by atoms with Crippen LogP contribution in [0.25, 0.3) is 10.9 Å². The number of pyridine rings is 1. The Morgan fingerprint density at radius 3 is 2.71 bits per heavy atom. The lowest BCUT2D eigenvalue weighted by molar-refractivity contribution is -0.136. The number of nitrogens with zero attached hydrogens (tertiary/aromatic N) is 3. The Morgan fingerprint density at radius 1 is 1.11 bits per heavy atom. The SMILES string of the molecule is O=C(Nc1nnc(Sc2ccnc3c(C(F)(F)F)cccc23)s1)c1cccs1. The molecule has 0 atom stereocenters. The molecule has 0 aliphatic rings. The van der Waals surface area contributed by atoms with Gasteiger partial charge in [0.15, 0.2) is 4.34 Å². The first-order chi connectivity index (χ1) is 13.4. The lowest BCUT2D eigenvalue weighted by Gasteiger charge is -2.11. The van der Waals surface area contributed by atoms with Crippen LogP contribution in [0.15, 0.2) is 57.2 Å². The number of carbonyl (C=O) groups is 1. The average molecular weight is 438 g/mol. The molecule has 0 spiro atoms. The Hall–Kier alpha value is -2.50. The summed E-state index contributed by atoms with van der Waals surface area (Å²) in [5.41, 5.74) is -0.899. The number of amides is 1. The van der Waals surface area contributed by atoms with Crippen LogP contribution in [0.5, 0.6) is 0 Å². The molecule has 0 bridgehead atoms. The maximum atomic E-state index is 13.2. The third-order valence-electron chi connectivity index (χ3n) is 3.61. The van der Waals surface area contributed by atoms with E-state index in [2.05, 4.69) is 20.5 Å². The van der Waals surface area contributed by atoms with Crippen molar-refractivity contribution in [1.82, 2.24) is 15.2 Å². The molecule has 0 unspecified atom stereocenters. The molecule has 0 aliphatic carbocycles. The van der Waals surface area contributed by atoms with Crippen LogP contribution in [0.2, 0.25) is 0 Å². The van der Waals surface area contributed by atoms with Crippen molar-refractivity contribution in [2.24, 2.45) is 0 Å². The van der Waals surface area contributed by atoms with Gasteiger partial charge in [-0.2, -0.15) is 13.2 Å². The van der Waals surface area contributed by atoms with Crippen LogP contribution in [0, 0.1) is 0 Å². The van der Waals surface area contributed by atoms with Gasteiger partial charge in [0.05, 0.1) is 16.0 Å². The van der Waals surface area contributed by atoms with E-state index >= 15 is 0 Å². The van der Waals surface area contributed by atoms with Gasteiger partial charge in [0.2, 0.25) is 5.13 Å². The molecule has 0 saturated heterocycles. The highest BCUT2D eigenvalue weighted by molar-refractivity contribution is 8.01. The fourth-order valence-electron chi connectivity index (χ4n) is 2.43. The highest BCUT2D eigenvalue weighted by Gasteiger charge is 2.33. The standard InChI is InChI=1S/C17H9F3N4OS3/c18-17(19,20)10-4-1-3-9-11(6-7-21-13(9)10)27-16-24-23-15(28-16)22-14(25)12-5-2-8-26-12/h1-8H,(H,22,23,25). The maximum absolute atomic E-state index is 13.2. The van der Waals surface area contributed by atoms with Crippen LogP contribution < -0.4 is 5.32 Å². The number of hydrogen-bond donors (Lipinski definition) is 1.